The summed E-state index contributed by atoms with van der Waals surface area (Å²) >= 11 is 0.938. The van der Waals surface area contributed by atoms with Gasteiger partial charge in [0.15, 0.2) is 10.8 Å². The fourth-order valence-corrected chi connectivity index (χ4v) is 3.74. The molecule has 0 bridgehead atoms. The number of rotatable bonds is 6. The lowest BCUT2D eigenvalue weighted by Gasteiger charge is -2.13. The average molecular weight is 489 g/mol. The highest BCUT2D eigenvalue weighted by Gasteiger charge is 2.33. The van der Waals surface area contributed by atoms with E-state index in [0.717, 1.165) is 17.8 Å². The molecule has 0 unspecified atom stereocenters. The Morgan fingerprint density at radius 2 is 1.76 bits per heavy atom. The Morgan fingerprint density at radius 3 is 2.53 bits per heavy atom. The molecule has 0 radical (unpaired) electrons. The van der Waals surface area contributed by atoms with Crippen LogP contribution in [0.4, 0.5) is 28.9 Å². The number of carbonyl (C=O) groups excluding carboxylic acids is 2. The molecule has 2 aromatic carbocycles. The molecule has 2 N–H and O–H groups in total. The first-order valence-corrected chi connectivity index (χ1v) is 10.7. The topological polar surface area (TPSA) is 88.4 Å². The summed E-state index contributed by atoms with van der Waals surface area (Å²) in [5.74, 6) is -1.91. The third-order valence-corrected chi connectivity index (χ3v) is 5.50. The Kier molecular flexibility index (Phi) is 6.50. The van der Waals surface area contributed by atoms with Crippen molar-refractivity contribution >= 4 is 40.6 Å². The van der Waals surface area contributed by atoms with E-state index in [1.807, 2.05) is 0 Å². The molecule has 0 atom stereocenters. The van der Waals surface area contributed by atoms with Gasteiger partial charge in [0.25, 0.3) is 5.91 Å². The number of pyridine rings is 1. The molecule has 2 aromatic heterocycles. The number of benzene rings is 2. The van der Waals surface area contributed by atoms with Gasteiger partial charge in [-0.05, 0) is 42.5 Å². The number of fused-ring (bicyclic) bond motifs is 1. The number of hydrogen-bond acceptors (Lipinski definition) is 5. The number of halogens is 4. The summed E-state index contributed by atoms with van der Waals surface area (Å²) in [6.07, 6.45) is -3.16. The van der Waals surface area contributed by atoms with Crippen LogP contribution in [0, 0.1) is 5.82 Å². The highest BCUT2D eigenvalue weighted by molar-refractivity contribution is 7.99. The molecule has 174 valence electrons. The van der Waals surface area contributed by atoms with E-state index in [2.05, 4.69) is 20.8 Å². The Balaban J connectivity index is 1.46. The maximum Gasteiger partial charge on any atom is 0.418 e. The van der Waals surface area contributed by atoms with E-state index in [-0.39, 0.29) is 27.8 Å². The van der Waals surface area contributed by atoms with Crippen LogP contribution >= 0.6 is 11.8 Å². The summed E-state index contributed by atoms with van der Waals surface area (Å²) in [7, 11) is 0. The van der Waals surface area contributed by atoms with Gasteiger partial charge in [0.2, 0.25) is 5.91 Å². The Hall–Kier alpha value is -3.93. The van der Waals surface area contributed by atoms with E-state index in [4.69, 9.17) is 0 Å². The first-order valence-electron chi connectivity index (χ1n) is 9.71. The van der Waals surface area contributed by atoms with Crippen molar-refractivity contribution in [3.05, 3.63) is 83.8 Å². The monoisotopic (exact) mass is 489 g/mol. The minimum atomic E-state index is -4.61. The van der Waals surface area contributed by atoms with Gasteiger partial charge in [0.05, 0.1) is 22.6 Å². The summed E-state index contributed by atoms with van der Waals surface area (Å²) in [4.78, 5) is 24.8. The molecule has 2 amide bonds. The number of para-hydroxylation sites is 1. The zero-order chi connectivity index (χ0) is 24.3. The summed E-state index contributed by atoms with van der Waals surface area (Å²) < 4.78 is 54.2. The van der Waals surface area contributed by atoms with Crippen molar-refractivity contribution in [2.75, 3.05) is 16.4 Å². The molecular weight excluding hydrogens is 474 g/mol. The van der Waals surface area contributed by atoms with Crippen LogP contribution in [0.25, 0.3) is 5.65 Å². The third kappa shape index (κ3) is 5.34. The molecule has 0 fully saturated rings. The predicted octanol–water partition coefficient (Wildman–Crippen LogP) is 4.87. The Morgan fingerprint density at radius 1 is 0.971 bits per heavy atom. The van der Waals surface area contributed by atoms with Gasteiger partial charge in [0.1, 0.15) is 5.82 Å². The number of anilines is 2. The lowest BCUT2D eigenvalue weighted by molar-refractivity contribution is -0.137. The number of hydrogen-bond donors (Lipinski definition) is 2. The SMILES string of the molecule is O=C(CSc1nnc2ccc(C(=O)Nc3cccc(F)c3)cn12)Nc1ccccc1C(F)(F)F. The normalized spacial score (nSPS) is 11.4. The first-order chi connectivity index (χ1) is 16.2. The molecule has 7 nitrogen and oxygen atoms in total. The van der Waals surface area contributed by atoms with Gasteiger partial charge in [-0.15, -0.1) is 10.2 Å². The molecule has 34 heavy (non-hydrogen) atoms. The second kappa shape index (κ2) is 9.51. The zero-order valence-electron chi connectivity index (χ0n) is 17.1. The molecule has 0 spiro atoms. The second-order valence-electron chi connectivity index (χ2n) is 6.97. The largest absolute Gasteiger partial charge is 0.418 e. The predicted molar refractivity (Wildman–Crippen MR) is 118 cm³/mol. The fraction of sp³-hybridized carbons (Fsp3) is 0.0909. The van der Waals surface area contributed by atoms with E-state index in [9.17, 15) is 27.2 Å². The number of amides is 2. The van der Waals surface area contributed by atoms with Gasteiger partial charge in [-0.3, -0.25) is 14.0 Å². The van der Waals surface area contributed by atoms with Crippen LogP contribution in [0.1, 0.15) is 15.9 Å². The third-order valence-electron chi connectivity index (χ3n) is 4.55. The lowest BCUT2D eigenvalue weighted by atomic mass is 10.1. The number of aromatic nitrogens is 3. The van der Waals surface area contributed by atoms with Crippen LogP contribution < -0.4 is 10.6 Å². The molecule has 0 aliphatic carbocycles. The highest BCUT2D eigenvalue weighted by atomic mass is 32.2. The van der Waals surface area contributed by atoms with Crippen molar-refractivity contribution in [2.45, 2.75) is 11.3 Å². The van der Waals surface area contributed by atoms with Crippen molar-refractivity contribution in [1.29, 1.82) is 0 Å². The van der Waals surface area contributed by atoms with Crippen LogP contribution in [-0.4, -0.2) is 32.2 Å². The van der Waals surface area contributed by atoms with E-state index in [0.29, 0.717) is 5.65 Å². The van der Waals surface area contributed by atoms with E-state index in [1.165, 1.54) is 65.2 Å². The molecule has 4 rings (SSSR count). The van der Waals surface area contributed by atoms with Gasteiger partial charge in [-0.2, -0.15) is 13.2 Å². The van der Waals surface area contributed by atoms with Crippen molar-refractivity contribution in [2.24, 2.45) is 0 Å². The van der Waals surface area contributed by atoms with E-state index >= 15 is 0 Å². The Bertz CT molecular complexity index is 1370. The van der Waals surface area contributed by atoms with Gasteiger partial charge < -0.3 is 10.6 Å². The van der Waals surface area contributed by atoms with Crippen molar-refractivity contribution in [1.82, 2.24) is 14.6 Å². The van der Waals surface area contributed by atoms with E-state index in [1.54, 1.807) is 0 Å². The zero-order valence-corrected chi connectivity index (χ0v) is 18.0. The summed E-state index contributed by atoms with van der Waals surface area (Å²) in [6.45, 7) is 0. The minimum absolute atomic E-state index is 0.224. The van der Waals surface area contributed by atoms with Crippen LogP contribution in [-0.2, 0) is 11.0 Å². The quantitative estimate of drug-likeness (QED) is 0.298. The van der Waals surface area contributed by atoms with Crippen molar-refractivity contribution < 1.29 is 27.2 Å². The molecule has 0 aliphatic rings. The molecule has 0 saturated carbocycles. The number of alkyl halides is 3. The number of nitrogens with zero attached hydrogens (tertiary/aromatic N) is 3. The molecule has 12 heteroatoms. The minimum Gasteiger partial charge on any atom is -0.325 e. The Labute approximate surface area is 194 Å². The smallest absolute Gasteiger partial charge is 0.325 e. The summed E-state index contributed by atoms with van der Waals surface area (Å²) in [5, 5.41) is 13.0. The first kappa shape index (κ1) is 23.2. The molecule has 0 saturated heterocycles. The van der Waals surface area contributed by atoms with Crippen LogP contribution in [0.3, 0.4) is 0 Å². The van der Waals surface area contributed by atoms with E-state index < -0.39 is 29.4 Å². The van der Waals surface area contributed by atoms with Gasteiger partial charge in [-0.25, -0.2) is 4.39 Å². The van der Waals surface area contributed by atoms with Crippen LogP contribution in [0.15, 0.2) is 72.0 Å². The summed E-state index contributed by atoms with van der Waals surface area (Å²) in [6, 6.07) is 13.1. The standard InChI is InChI=1S/C22H15F4N5O2S/c23-14-4-3-5-15(10-14)27-20(33)13-8-9-18-29-30-21(31(18)11-13)34-12-19(32)28-17-7-2-1-6-16(17)22(24,25)26/h1-11H,12H2,(H,27,33)(H,28,32). The van der Waals surface area contributed by atoms with Crippen LogP contribution in [0.5, 0.6) is 0 Å². The van der Waals surface area contributed by atoms with Crippen molar-refractivity contribution in [3.8, 4) is 0 Å². The second-order valence-corrected chi connectivity index (χ2v) is 7.92. The molecule has 4 aromatic rings. The lowest BCUT2D eigenvalue weighted by Crippen LogP contribution is -2.18. The number of carbonyl (C=O) groups is 2. The fourth-order valence-electron chi connectivity index (χ4n) is 3.03. The van der Waals surface area contributed by atoms with Crippen molar-refractivity contribution in [3.63, 3.8) is 0 Å². The maximum atomic E-state index is 13.3. The average Bonchev–Trinajstić information content (AvgIpc) is 3.19. The molecule has 0 aliphatic heterocycles. The molecular formula is C22H15F4N5O2S. The number of thioether (sulfide) groups is 1. The highest BCUT2D eigenvalue weighted by Crippen LogP contribution is 2.34. The van der Waals surface area contributed by atoms with Gasteiger partial charge in [0, 0.05) is 11.9 Å². The van der Waals surface area contributed by atoms with Gasteiger partial charge >= 0.3 is 6.18 Å². The number of nitrogens with one attached hydrogen (secondary N) is 2. The van der Waals surface area contributed by atoms with Crippen LogP contribution in [0.2, 0.25) is 0 Å². The molecule has 2 heterocycles. The van der Waals surface area contributed by atoms with Gasteiger partial charge in [-0.1, -0.05) is 30.0 Å². The maximum absolute atomic E-state index is 13.3. The summed E-state index contributed by atoms with van der Waals surface area (Å²) in [5.41, 5.74) is -0.396.